The maximum atomic E-state index is 9.40. The lowest BCUT2D eigenvalue weighted by Crippen LogP contribution is -2.31. The van der Waals surface area contributed by atoms with E-state index in [9.17, 15) is 5.11 Å². The summed E-state index contributed by atoms with van der Waals surface area (Å²) in [5.41, 5.74) is 1.83. The molecule has 0 radical (unpaired) electrons. The monoisotopic (exact) mass is 207 g/mol. The summed E-state index contributed by atoms with van der Waals surface area (Å²) in [6.45, 7) is 6.10. The van der Waals surface area contributed by atoms with E-state index < -0.39 is 6.23 Å². The maximum Gasteiger partial charge on any atom is 0.126 e. The van der Waals surface area contributed by atoms with Gasteiger partial charge in [0.1, 0.15) is 12.0 Å². The number of hydrogen-bond donors (Lipinski definition) is 3. The Hall–Kier alpha value is -1.32. The molecule has 0 aliphatic heterocycles. The van der Waals surface area contributed by atoms with Crippen LogP contribution in [-0.4, -0.2) is 23.0 Å². The van der Waals surface area contributed by atoms with E-state index >= 15 is 0 Å². The third-order valence-corrected chi connectivity index (χ3v) is 2.15. The minimum absolute atomic E-state index is 0.272. The quantitative estimate of drug-likeness (QED) is 0.505. The number of rotatable bonds is 5. The van der Waals surface area contributed by atoms with Crippen molar-refractivity contribution in [2.45, 2.75) is 19.6 Å². The first kappa shape index (κ1) is 11.8. The topological polar surface area (TPSA) is 52.5 Å². The molecule has 0 saturated heterocycles. The Morgan fingerprint density at radius 3 is 2.53 bits per heavy atom. The van der Waals surface area contributed by atoms with Crippen LogP contribution in [0.2, 0.25) is 0 Å². The molecule has 0 heterocycles. The van der Waals surface area contributed by atoms with E-state index in [4.69, 9.17) is 5.11 Å². The van der Waals surface area contributed by atoms with Crippen LogP contribution in [0.15, 0.2) is 36.4 Å². The van der Waals surface area contributed by atoms with Gasteiger partial charge in [-0.25, -0.2) is 0 Å². The van der Waals surface area contributed by atoms with Crippen LogP contribution in [0.3, 0.4) is 0 Å². The second-order valence-electron chi connectivity index (χ2n) is 3.62. The van der Waals surface area contributed by atoms with E-state index in [-0.39, 0.29) is 5.75 Å². The van der Waals surface area contributed by atoms with Crippen molar-refractivity contribution in [3.63, 3.8) is 0 Å². The van der Waals surface area contributed by atoms with Gasteiger partial charge in [-0.05, 0) is 36.6 Å². The van der Waals surface area contributed by atoms with E-state index in [0.717, 1.165) is 12.0 Å². The molecule has 0 aliphatic carbocycles. The number of aliphatic hydroxyl groups is 1. The highest BCUT2D eigenvalue weighted by atomic mass is 16.3. The van der Waals surface area contributed by atoms with Crippen molar-refractivity contribution in [3.8, 4) is 5.75 Å². The Morgan fingerprint density at radius 1 is 1.40 bits per heavy atom. The predicted octanol–water partition coefficient (Wildman–Crippen LogP) is 1.42. The molecule has 0 bridgehead atoms. The summed E-state index contributed by atoms with van der Waals surface area (Å²) < 4.78 is 0. The summed E-state index contributed by atoms with van der Waals surface area (Å²) in [6, 6.07) is 7.04. The molecule has 3 nitrogen and oxygen atoms in total. The van der Waals surface area contributed by atoms with Crippen molar-refractivity contribution in [2.75, 3.05) is 6.54 Å². The van der Waals surface area contributed by atoms with Gasteiger partial charge in [0.25, 0.3) is 0 Å². The van der Waals surface area contributed by atoms with E-state index in [2.05, 4.69) is 11.9 Å². The second kappa shape index (κ2) is 5.53. The number of benzene rings is 1. The van der Waals surface area contributed by atoms with E-state index in [1.807, 2.05) is 12.1 Å². The van der Waals surface area contributed by atoms with E-state index in [0.29, 0.717) is 12.1 Å². The molecule has 1 unspecified atom stereocenters. The number of aromatic hydroxyl groups is 1. The molecule has 1 rings (SSSR count). The molecule has 0 fully saturated rings. The van der Waals surface area contributed by atoms with Crippen LogP contribution in [0, 0.1) is 0 Å². The minimum Gasteiger partial charge on any atom is -0.508 e. The van der Waals surface area contributed by atoms with Crippen molar-refractivity contribution in [1.82, 2.24) is 5.32 Å². The SMILES string of the molecule is C=C(C)C(O)NCCc1ccc(O)cc1. The largest absolute Gasteiger partial charge is 0.508 e. The average molecular weight is 207 g/mol. The molecule has 0 spiro atoms. The van der Waals surface area contributed by atoms with Crippen molar-refractivity contribution < 1.29 is 10.2 Å². The summed E-state index contributed by atoms with van der Waals surface area (Å²) in [6.07, 6.45) is 0.173. The summed E-state index contributed by atoms with van der Waals surface area (Å²) in [7, 11) is 0. The Labute approximate surface area is 90.1 Å². The normalized spacial score (nSPS) is 12.4. The van der Waals surface area contributed by atoms with Gasteiger partial charge in [-0.15, -0.1) is 0 Å². The molecule has 0 amide bonds. The maximum absolute atomic E-state index is 9.40. The first-order chi connectivity index (χ1) is 7.09. The molecule has 82 valence electrons. The van der Waals surface area contributed by atoms with Crippen molar-refractivity contribution in [1.29, 1.82) is 0 Å². The number of phenolic OH excluding ortho intramolecular Hbond substituents is 1. The first-order valence-electron chi connectivity index (χ1n) is 4.94. The lowest BCUT2D eigenvalue weighted by atomic mass is 10.1. The smallest absolute Gasteiger partial charge is 0.126 e. The molecular formula is C12H17NO2. The van der Waals surface area contributed by atoms with Crippen LogP contribution in [0.1, 0.15) is 12.5 Å². The van der Waals surface area contributed by atoms with Crippen LogP contribution in [-0.2, 0) is 6.42 Å². The third kappa shape index (κ3) is 4.14. The van der Waals surface area contributed by atoms with Gasteiger partial charge >= 0.3 is 0 Å². The fraction of sp³-hybridized carbons (Fsp3) is 0.333. The summed E-state index contributed by atoms with van der Waals surface area (Å²) in [5, 5.41) is 21.4. The molecule has 3 N–H and O–H groups in total. The summed E-state index contributed by atoms with van der Waals surface area (Å²) in [5.74, 6) is 0.272. The Kier molecular flexibility index (Phi) is 4.34. The highest BCUT2D eigenvalue weighted by Gasteiger charge is 2.02. The molecule has 0 aliphatic rings. The lowest BCUT2D eigenvalue weighted by Gasteiger charge is -2.12. The average Bonchev–Trinajstić information content (AvgIpc) is 2.20. The second-order valence-corrected chi connectivity index (χ2v) is 3.62. The summed E-state index contributed by atoms with van der Waals surface area (Å²) >= 11 is 0. The van der Waals surface area contributed by atoms with Gasteiger partial charge in [0.05, 0.1) is 0 Å². The number of phenols is 1. The number of nitrogens with one attached hydrogen (secondary N) is 1. The molecule has 3 heteroatoms. The zero-order chi connectivity index (χ0) is 11.3. The van der Waals surface area contributed by atoms with Crippen molar-refractivity contribution in [2.24, 2.45) is 0 Å². The third-order valence-electron chi connectivity index (χ3n) is 2.15. The molecule has 15 heavy (non-hydrogen) atoms. The highest BCUT2D eigenvalue weighted by Crippen LogP contribution is 2.09. The first-order valence-corrected chi connectivity index (χ1v) is 4.94. The van der Waals surface area contributed by atoms with Crippen LogP contribution in [0.25, 0.3) is 0 Å². The van der Waals surface area contributed by atoms with Crippen LogP contribution in [0.5, 0.6) is 5.75 Å². The van der Waals surface area contributed by atoms with Crippen LogP contribution in [0.4, 0.5) is 0 Å². The van der Waals surface area contributed by atoms with Gasteiger partial charge in [-0.3, -0.25) is 5.32 Å². The Morgan fingerprint density at radius 2 is 2.00 bits per heavy atom. The molecule has 0 aromatic heterocycles. The molecule has 1 aromatic carbocycles. The molecular weight excluding hydrogens is 190 g/mol. The van der Waals surface area contributed by atoms with Crippen molar-refractivity contribution in [3.05, 3.63) is 42.0 Å². The van der Waals surface area contributed by atoms with Gasteiger partial charge < -0.3 is 10.2 Å². The Bertz CT molecular complexity index is 319. The van der Waals surface area contributed by atoms with Crippen LogP contribution < -0.4 is 5.32 Å². The number of hydrogen-bond acceptors (Lipinski definition) is 3. The fourth-order valence-corrected chi connectivity index (χ4v) is 1.19. The molecule has 1 atom stereocenters. The zero-order valence-electron chi connectivity index (χ0n) is 8.90. The van der Waals surface area contributed by atoms with Crippen LogP contribution >= 0.6 is 0 Å². The highest BCUT2D eigenvalue weighted by molar-refractivity contribution is 5.26. The molecule has 1 aromatic rings. The van der Waals surface area contributed by atoms with Crippen molar-refractivity contribution >= 4 is 0 Å². The fourth-order valence-electron chi connectivity index (χ4n) is 1.19. The van der Waals surface area contributed by atoms with Gasteiger partial charge in [-0.1, -0.05) is 18.7 Å². The van der Waals surface area contributed by atoms with E-state index in [1.165, 1.54) is 0 Å². The summed E-state index contributed by atoms with van der Waals surface area (Å²) in [4.78, 5) is 0. The molecule has 0 saturated carbocycles. The van der Waals surface area contributed by atoms with Gasteiger partial charge in [0.15, 0.2) is 0 Å². The minimum atomic E-state index is -0.637. The Balaban J connectivity index is 2.32. The lowest BCUT2D eigenvalue weighted by molar-refractivity contribution is 0.174. The number of aliphatic hydroxyl groups excluding tert-OH is 1. The van der Waals surface area contributed by atoms with Gasteiger partial charge in [0, 0.05) is 6.54 Å². The van der Waals surface area contributed by atoms with Gasteiger partial charge in [-0.2, -0.15) is 0 Å². The predicted molar refractivity (Wildman–Crippen MR) is 60.6 cm³/mol. The zero-order valence-corrected chi connectivity index (χ0v) is 8.90. The standard InChI is InChI=1S/C12H17NO2/c1-9(2)12(15)13-8-7-10-3-5-11(14)6-4-10/h3-6,12-15H,1,7-8H2,2H3. The van der Waals surface area contributed by atoms with Gasteiger partial charge in [0.2, 0.25) is 0 Å². The van der Waals surface area contributed by atoms with E-state index in [1.54, 1.807) is 19.1 Å².